The smallest absolute Gasteiger partial charge is 0.143 e. The molecule has 0 saturated heterocycles. The molecule has 3 nitrogen and oxygen atoms in total. The number of aliphatic hydroxyl groups excluding tert-OH is 1. The van der Waals surface area contributed by atoms with Gasteiger partial charge in [-0.3, -0.25) is 4.90 Å². The van der Waals surface area contributed by atoms with Gasteiger partial charge in [0.05, 0.1) is 12.6 Å². The van der Waals surface area contributed by atoms with E-state index in [2.05, 4.69) is 20.9 Å². The van der Waals surface area contributed by atoms with Crippen LogP contribution in [0.3, 0.4) is 0 Å². The zero-order valence-electron chi connectivity index (χ0n) is 16.4. The summed E-state index contributed by atoms with van der Waals surface area (Å²) in [6, 6.07) is 5.34. The van der Waals surface area contributed by atoms with E-state index in [1.807, 2.05) is 6.92 Å². The quantitative estimate of drug-likeness (QED) is 0.486. The second kappa shape index (κ2) is 7.66. The summed E-state index contributed by atoms with van der Waals surface area (Å²) >= 11 is 3.09. The van der Waals surface area contributed by atoms with Gasteiger partial charge in [-0.25, -0.2) is 17.6 Å². The van der Waals surface area contributed by atoms with Crippen molar-refractivity contribution in [2.45, 2.75) is 38.0 Å². The number of nitrogens with zero attached hydrogens (tertiary/aromatic N) is 1. The van der Waals surface area contributed by atoms with Crippen LogP contribution < -0.4 is 0 Å². The first-order valence-electron chi connectivity index (χ1n) is 9.61. The summed E-state index contributed by atoms with van der Waals surface area (Å²) in [7, 11) is 0. The summed E-state index contributed by atoms with van der Waals surface area (Å²) < 4.78 is 59.0. The van der Waals surface area contributed by atoms with E-state index in [0.29, 0.717) is 23.0 Å². The fourth-order valence-electron chi connectivity index (χ4n) is 4.33. The number of aromatic nitrogens is 1. The second-order valence-electron chi connectivity index (χ2n) is 8.19. The van der Waals surface area contributed by atoms with Gasteiger partial charge in [0.2, 0.25) is 0 Å². The van der Waals surface area contributed by atoms with Gasteiger partial charge in [-0.15, -0.1) is 0 Å². The van der Waals surface area contributed by atoms with Gasteiger partial charge in [0.15, 0.2) is 0 Å². The highest BCUT2D eigenvalue weighted by Gasteiger charge is 2.41. The molecule has 2 heterocycles. The Kier molecular flexibility index (Phi) is 5.45. The number of fused-ring (bicyclic) bond motifs is 3. The Balaban J connectivity index is 1.97. The van der Waals surface area contributed by atoms with Crippen LogP contribution in [-0.4, -0.2) is 39.9 Å². The first-order valence-corrected chi connectivity index (χ1v) is 10.4. The molecule has 0 spiro atoms. The maximum Gasteiger partial charge on any atom is 0.143 e. The van der Waals surface area contributed by atoms with Crippen LogP contribution in [0.4, 0.5) is 17.6 Å². The van der Waals surface area contributed by atoms with Crippen LogP contribution in [0.2, 0.25) is 0 Å². The van der Waals surface area contributed by atoms with Crippen LogP contribution in [0, 0.1) is 17.5 Å². The number of H-pyrrole nitrogens is 1. The van der Waals surface area contributed by atoms with Crippen molar-refractivity contribution in [1.82, 2.24) is 9.88 Å². The lowest BCUT2D eigenvalue weighted by Gasteiger charge is -2.43. The van der Waals surface area contributed by atoms with E-state index in [1.54, 1.807) is 11.0 Å². The van der Waals surface area contributed by atoms with Crippen molar-refractivity contribution in [2.24, 2.45) is 0 Å². The molecule has 0 radical (unpaired) electrons. The van der Waals surface area contributed by atoms with Crippen molar-refractivity contribution in [3.05, 3.63) is 69.1 Å². The van der Waals surface area contributed by atoms with Gasteiger partial charge < -0.3 is 10.1 Å². The van der Waals surface area contributed by atoms with Crippen LogP contribution in [0.25, 0.3) is 10.9 Å². The normalized spacial score (nSPS) is 21.6. The lowest BCUT2D eigenvalue weighted by Crippen LogP contribution is -2.50. The molecule has 0 saturated carbocycles. The average Bonchev–Trinajstić information content (AvgIpc) is 3.00. The predicted molar refractivity (Wildman–Crippen MR) is 111 cm³/mol. The van der Waals surface area contributed by atoms with Crippen molar-refractivity contribution in [3.63, 3.8) is 0 Å². The molecule has 0 amide bonds. The fraction of sp³-hybridized carbons (Fsp3) is 0.364. The number of hydrogen-bond acceptors (Lipinski definition) is 2. The number of halogens is 5. The number of aliphatic hydroxyl groups is 1. The highest BCUT2D eigenvalue weighted by molar-refractivity contribution is 9.10. The summed E-state index contributed by atoms with van der Waals surface area (Å²) in [4.78, 5) is 4.83. The number of benzene rings is 2. The van der Waals surface area contributed by atoms with Crippen LogP contribution in [0.15, 0.2) is 34.8 Å². The SMILES string of the molecule is CC1Cc2c([nH]c3ccc(F)cc23)C(c2c(F)cc(Br)cc2F)N1CC(C)(F)CO. The number of aromatic amines is 1. The van der Waals surface area contributed by atoms with E-state index in [1.165, 1.54) is 31.2 Å². The minimum Gasteiger partial charge on any atom is -0.393 e. The van der Waals surface area contributed by atoms with Gasteiger partial charge in [0, 0.05) is 39.2 Å². The maximum absolute atomic E-state index is 15.0. The fourth-order valence-corrected chi connectivity index (χ4v) is 4.73. The van der Waals surface area contributed by atoms with E-state index < -0.39 is 35.8 Å². The molecule has 0 aliphatic carbocycles. The summed E-state index contributed by atoms with van der Waals surface area (Å²) in [5.41, 5.74) is -0.285. The molecule has 3 unspecified atom stereocenters. The third-order valence-corrected chi connectivity index (χ3v) is 6.19. The predicted octanol–water partition coefficient (Wildman–Crippen LogP) is 5.40. The van der Waals surface area contributed by atoms with Crippen molar-refractivity contribution in [2.75, 3.05) is 13.2 Å². The average molecular weight is 485 g/mol. The molecule has 2 N–H and O–H groups in total. The topological polar surface area (TPSA) is 39.3 Å². The molecule has 1 aliphatic rings. The molecule has 4 rings (SSSR count). The molecule has 3 atom stereocenters. The lowest BCUT2D eigenvalue weighted by molar-refractivity contribution is 0.0162. The molecule has 30 heavy (non-hydrogen) atoms. The molecular formula is C22H21BrF4N2O. The van der Waals surface area contributed by atoms with Gasteiger partial charge in [-0.2, -0.15) is 0 Å². The first kappa shape index (κ1) is 21.3. The molecule has 8 heteroatoms. The third-order valence-electron chi connectivity index (χ3n) is 5.73. The first-order chi connectivity index (χ1) is 14.1. The second-order valence-corrected chi connectivity index (χ2v) is 9.11. The number of nitrogens with one attached hydrogen (secondary N) is 1. The maximum atomic E-state index is 15.0. The molecule has 3 aromatic rings. The third kappa shape index (κ3) is 3.65. The zero-order valence-corrected chi connectivity index (χ0v) is 18.0. The standard InChI is InChI=1S/C22H21BrF4N2O/c1-11-5-15-14-8-13(24)3-4-18(14)28-20(15)21(29(11)9-22(2,27)10-30)19-16(25)6-12(23)7-17(19)26/h3-4,6-8,11,21,28,30H,5,9-10H2,1-2H3. The Bertz CT molecular complexity index is 1090. The number of hydrogen-bond donors (Lipinski definition) is 2. The Morgan fingerprint density at radius 2 is 1.87 bits per heavy atom. The Morgan fingerprint density at radius 3 is 2.50 bits per heavy atom. The van der Waals surface area contributed by atoms with E-state index >= 15 is 8.78 Å². The zero-order chi connectivity index (χ0) is 21.8. The van der Waals surface area contributed by atoms with Crippen molar-refractivity contribution in [1.29, 1.82) is 0 Å². The highest BCUT2D eigenvalue weighted by Crippen LogP contribution is 2.43. The highest BCUT2D eigenvalue weighted by atomic mass is 79.9. The molecule has 2 aromatic carbocycles. The molecule has 160 valence electrons. The van der Waals surface area contributed by atoms with Gasteiger partial charge in [0.1, 0.15) is 23.1 Å². The number of alkyl halides is 1. The minimum atomic E-state index is -1.97. The van der Waals surface area contributed by atoms with E-state index in [-0.39, 0.29) is 22.6 Å². The van der Waals surface area contributed by atoms with Crippen molar-refractivity contribution < 1.29 is 22.7 Å². The molecular weight excluding hydrogens is 464 g/mol. The molecule has 1 aliphatic heterocycles. The van der Waals surface area contributed by atoms with Crippen molar-refractivity contribution >= 4 is 26.8 Å². The minimum absolute atomic E-state index is 0.216. The van der Waals surface area contributed by atoms with Gasteiger partial charge >= 0.3 is 0 Å². The Hall–Kier alpha value is -1.90. The van der Waals surface area contributed by atoms with Crippen LogP contribution in [0.5, 0.6) is 0 Å². The van der Waals surface area contributed by atoms with Crippen LogP contribution in [0.1, 0.15) is 36.7 Å². The number of rotatable bonds is 4. The van der Waals surface area contributed by atoms with Crippen LogP contribution in [-0.2, 0) is 6.42 Å². The van der Waals surface area contributed by atoms with Crippen molar-refractivity contribution in [3.8, 4) is 0 Å². The monoisotopic (exact) mass is 484 g/mol. The molecule has 0 bridgehead atoms. The largest absolute Gasteiger partial charge is 0.393 e. The summed E-state index contributed by atoms with van der Waals surface area (Å²) in [6.45, 7) is 2.13. The lowest BCUT2D eigenvalue weighted by atomic mass is 9.87. The molecule has 1 aromatic heterocycles. The van der Waals surface area contributed by atoms with E-state index in [0.717, 1.165) is 5.56 Å². The van der Waals surface area contributed by atoms with E-state index in [4.69, 9.17) is 0 Å². The van der Waals surface area contributed by atoms with Gasteiger partial charge in [-0.1, -0.05) is 15.9 Å². The molecule has 0 fully saturated rings. The van der Waals surface area contributed by atoms with Crippen LogP contribution >= 0.6 is 15.9 Å². The summed E-state index contributed by atoms with van der Waals surface area (Å²) in [5.74, 6) is -1.95. The van der Waals surface area contributed by atoms with Gasteiger partial charge in [0.25, 0.3) is 0 Å². The Labute approximate surface area is 179 Å². The van der Waals surface area contributed by atoms with Gasteiger partial charge in [-0.05, 0) is 56.2 Å². The summed E-state index contributed by atoms with van der Waals surface area (Å²) in [5, 5.41) is 10.1. The Morgan fingerprint density at radius 1 is 1.20 bits per heavy atom. The van der Waals surface area contributed by atoms with E-state index in [9.17, 15) is 13.9 Å². The summed E-state index contributed by atoms with van der Waals surface area (Å²) in [6.07, 6.45) is 0.441.